The van der Waals surface area contributed by atoms with Crippen LogP contribution in [0.25, 0.3) is 0 Å². The quantitative estimate of drug-likeness (QED) is 0.430. The van der Waals surface area contributed by atoms with Crippen molar-refractivity contribution in [2.75, 3.05) is 32.1 Å². The molecule has 0 aliphatic rings. The molecule has 0 aliphatic heterocycles. The molecule has 25 heavy (non-hydrogen) atoms. The molecule has 0 unspecified atom stereocenters. The molecule has 2 N–H and O–H groups in total. The molecule has 2 aromatic rings. The standard InChI is InChI=1S/C18H26FN5S/c1-4-20-17(22-12-16-13-25-18(23-16)24(2)3)21-10-6-8-14-7-5-9-15(19)11-14/h5,7,9,11,13H,4,6,8,10,12H2,1-3H3,(H2,20,21,22). The third-order valence-corrected chi connectivity index (χ3v) is 4.55. The van der Waals surface area contributed by atoms with Gasteiger partial charge in [0.25, 0.3) is 0 Å². The number of anilines is 1. The van der Waals surface area contributed by atoms with Gasteiger partial charge in [-0.05, 0) is 37.5 Å². The Morgan fingerprint density at radius 1 is 1.32 bits per heavy atom. The number of aryl methyl sites for hydroxylation is 1. The Kier molecular flexibility index (Phi) is 7.66. The minimum Gasteiger partial charge on any atom is -0.357 e. The maximum atomic E-state index is 13.2. The summed E-state index contributed by atoms with van der Waals surface area (Å²) in [6.45, 7) is 4.17. The highest BCUT2D eigenvalue weighted by atomic mass is 32.1. The third-order valence-electron chi connectivity index (χ3n) is 3.49. The van der Waals surface area contributed by atoms with E-state index in [4.69, 9.17) is 0 Å². The second kappa shape index (κ2) is 9.98. The molecule has 1 aromatic carbocycles. The van der Waals surface area contributed by atoms with Crippen LogP contribution in [0.1, 0.15) is 24.6 Å². The van der Waals surface area contributed by atoms with E-state index in [1.165, 1.54) is 6.07 Å². The van der Waals surface area contributed by atoms with Gasteiger partial charge in [0.15, 0.2) is 11.1 Å². The molecule has 5 nitrogen and oxygen atoms in total. The van der Waals surface area contributed by atoms with Gasteiger partial charge in [0.05, 0.1) is 12.2 Å². The molecule has 0 amide bonds. The van der Waals surface area contributed by atoms with Gasteiger partial charge in [-0.3, -0.25) is 0 Å². The average molecular weight is 364 g/mol. The van der Waals surface area contributed by atoms with Gasteiger partial charge in [-0.15, -0.1) is 11.3 Å². The normalized spacial score (nSPS) is 11.4. The summed E-state index contributed by atoms with van der Waals surface area (Å²) in [4.78, 5) is 11.1. The van der Waals surface area contributed by atoms with Gasteiger partial charge in [-0.25, -0.2) is 14.4 Å². The molecular weight excluding hydrogens is 337 g/mol. The Hall–Kier alpha value is -2.15. The first-order chi connectivity index (χ1) is 12.1. The van der Waals surface area contributed by atoms with Crippen LogP contribution < -0.4 is 15.5 Å². The van der Waals surface area contributed by atoms with Crippen LogP contribution in [-0.2, 0) is 13.0 Å². The molecular formula is C18H26FN5S. The molecule has 0 spiro atoms. The van der Waals surface area contributed by atoms with Crippen LogP contribution in [0.4, 0.5) is 9.52 Å². The van der Waals surface area contributed by atoms with Crippen molar-refractivity contribution in [1.29, 1.82) is 0 Å². The van der Waals surface area contributed by atoms with Gasteiger partial charge in [0.2, 0.25) is 0 Å². The zero-order chi connectivity index (χ0) is 18.1. The van der Waals surface area contributed by atoms with Crippen molar-refractivity contribution < 1.29 is 4.39 Å². The Balaban J connectivity index is 1.80. The smallest absolute Gasteiger partial charge is 0.191 e. The Labute approximate surface area is 153 Å². The summed E-state index contributed by atoms with van der Waals surface area (Å²) < 4.78 is 13.2. The number of benzene rings is 1. The molecule has 2 rings (SSSR count). The largest absolute Gasteiger partial charge is 0.357 e. The lowest BCUT2D eigenvalue weighted by Gasteiger charge is -2.11. The second-order valence-corrected chi connectivity index (χ2v) is 6.71. The van der Waals surface area contributed by atoms with E-state index in [0.29, 0.717) is 6.54 Å². The van der Waals surface area contributed by atoms with E-state index < -0.39 is 0 Å². The van der Waals surface area contributed by atoms with Gasteiger partial charge in [0, 0.05) is 32.6 Å². The van der Waals surface area contributed by atoms with Crippen molar-refractivity contribution >= 4 is 22.4 Å². The van der Waals surface area contributed by atoms with E-state index in [9.17, 15) is 4.39 Å². The predicted octanol–water partition coefficient (Wildman–Crippen LogP) is 3.04. The summed E-state index contributed by atoms with van der Waals surface area (Å²) in [5.74, 6) is 0.599. The van der Waals surface area contributed by atoms with Crippen molar-refractivity contribution in [3.8, 4) is 0 Å². The molecule has 0 saturated carbocycles. The molecule has 0 bridgehead atoms. The maximum Gasteiger partial charge on any atom is 0.191 e. The summed E-state index contributed by atoms with van der Waals surface area (Å²) in [5.41, 5.74) is 1.98. The molecule has 7 heteroatoms. The number of aromatic nitrogens is 1. The highest BCUT2D eigenvalue weighted by Crippen LogP contribution is 2.18. The van der Waals surface area contributed by atoms with Crippen molar-refractivity contribution in [1.82, 2.24) is 15.6 Å². The number of hydrogen-bond donors (Lipinski definition) is 2. The third kappa shape index (κ3) is 6.70. The van der Waals surface area contributed by atoms with Crippen molar-refractivity contribution in [3.05, 3.63) is 46.7 Å². The summed E-state index contributed by atoms with van der Waals surface area (Å²) in [5, 5.41) is 9.57. The Bertz CT molecular complexity index is 684. The Morgan fingerprint density at radius 3 is 2.84 bits per heavy atom. The number of aliphatic imine (C=N–C) groups is 1. The first kappa shape index (κ1) is 19.2. The second-order valence-electron chi connectivity index (χ2n) is 5.87. The van der Waals surface area contributed by atoms with E-state index in [1.807, 2.05) is 37.4 Å². The summed E-state index contributed by atoms with van der Waals surface area (Å²) in [6.07, 6.45) is 1.75. The monoisotopic (exact) mass is 363 g/mol. The van der Waals surface area contributed by atoms with Crippen LogP contribution in [0.5, 0.6) is 0 Å². The summed E-state index contributed by atoms with van der Waals surface area (Å²) >= 11 is 1.62. The number of thiazole rings is 1. The van der Waals surface area contributed by atoms with E-state index in [-0.39, 0.29) is 5.82 Å². The zero-order valence-corrected chi connectivity index (χ0v) is 15.9. The van der Waals surface area contributed by atoms with Crippen LogP contribution in [0.15, 0.2) is 34.6 Å². The van der Waals surface area contributed by atoms with Crippen molar-refractivity contribution in [2.24, 2.45) is 4.99 Å². The highest BCUT2D eigenvalue weighted by molar-refractivity contribution is 7.13. The molecule has 0 radical (unpaired) electrons. The lowest BCUT2D eigenvalue weighted by molar-refractivity contribution is 0.624. The zero-order valence-electron chi connectivity index (χ0n) is 15.1. The van der Waals surface area contributed by atoms with Crippen molar-refractivity contribution in [2.45, 2.75) is 26.3 Å². The molecule has 0 fully saturated rings. The van der Waals surface area contributed by atoms with E-state index in [2.05, 4.69) is 20.6 Å². The minimum atomic E-state index is -0.180. The predicted molar refractivity (Wildman–Crippen MR) is 104 cm³/mol. The van der Waals surface area contributed by atoms with Gasteiger partial charge in [-0.2, -0.15) is 0 Å². The number of nitrogens with zero attached hydrogens (tertiary/aromatic N) is 3. The van der Waals surface area contributed by atoms with Gasteiger partial charge >= 0.3 is 0 Å². The number of guanidine groups is 1. The Morgan fingerprint density at radius 2 is 2.16 bits per heavy atom. The lowest BCUT2D eigenvalue weighted by Crippen LogP contribution is -2.37. The average Bonchev–Trinajstić information content (AvgIpc) is 3.06. The molecule has 136 valence electrons. The SMILES string of the molecule is CCNC(=NCc1csc(N(C)C)n1)NCCCc1cccc(F)c1. The first-order valence-corrected chi connectivity index (χ1v) is 9.34. The summed E-state index contributed by atoms with van der Waals surface area (Å²) in [6, 6.07) is 6.76. The van der Waals surface area contributed by atoms with Crippen LogP contribution in [0.2, 0.25) is 0 Å². The molecule has 0 saturated heterocycles. The molecule has 0 aliphatic carbocycles. The molecule has 1 heterocycles. The number of nitrogens with one attached hydrogen (secondary N) is 2. The van der Waals surface area contributed by atoms with Crippen LogP contribution in [-0.4, -0.2) is 38.1 Å². The van der Waals surface area contributed by atoms with Crippen LogP contribution in [0.3, 0.4) is 0 Å². The first-order valence-electron chi connectivity index (χ1n) is 8.47. The fourth-order valence-electron chi connectivity index (χ4n) is 2.27. The summed E-state index contributed by atoms with van der Waals surface area (Å²) in [7, 11) is 3.96. The lowest BCUT2D eigenvalue weighted by atomic mass is 10.1. The number of halogens is 1. The fraction of sp³-hybridized carbons (Fsp3) is 0.444. The van der Waals surface area contributed by atoms with E-state index >= 15 is 0 Å². The fourth-order valence-corrected chi connectivity index (χ4v) is 3.02. The van der Waals surface area contributed by atoms with Gasteiger partial charge in [-0.1, -0.05) is 12.1 Å². The number of rotatable bonds is 8. The van der Waals surface area contributed by atoms with Crippen LogP contribution in [0, 0.1) is 5.82 Å². The molecule has 0 atom stereocenters. The molecule has 1 aromatic heterocycles. The van der Waals surface area contributed by atoms with Crippen LogP contribution >= 0.6 is 11.3 Å². The van der Waals surface area contributed by atoms with E-state index in [1.54, 1.807) is 23.5 Å². The van der Waals surface area contributed by atoms with E-state index in [0.717, 1.165) is 48.3 Å². The maximum absolute atomic E-state index is 13.2. The highest BCUT2D eigenvalue weighted by Gasteiger charge is 2.04. The van der Waals surface area contributed by atoms with Gasteiger partial charge < -0.3 is 15.5 Å². The van der Waals surface area contributed by atoms with Gasteiger partial charge in [0.1, 0.15) is 5.82 Å². The minimum absolute atomic E-state index is 0.180. The topological polar surface area (TPSA) is 52.6 Å². The van der Waals surface area contributed by atoms with Crippen molar-refractivity contribution in [3.63, 3.8) is 0 Å². The number of hydrogen-bond acceptors (Lipinski definition) is 4.